The first-order chi connectivity index (χ1) is 9.10. The Kier molecular flexibility index (Phi) is 3.04. The molecular weight excluding hydrogens is 270 g/mol. The standard InChI is InChI=1S/C11H14ClN5O2/c1-2-5-3-6(18)10(19-5)17-4-14-7-8(12)15-11(13)16-9(7)17/h4-6,10,18H,2-3H2,1H3,(H2,13,15,16)/t5-,6-,10-/m1/s1. The lowest BCUT2D eigenvalue weighted by molar-refractivity contribution is -0.0355. The Morgan fingerprint density at radius 3 is 3.05 bits per heavy atom. The third-order valence-electron chi connectivity index (χ3n) is 3.29. The lowest BCUT2D eigenvalue weighted by Gasteiger charge is -2.16. The lowest BCUT2D eigenvalue weighted by Crippen LogP contribution is -2.19. The smallest absolute Gasteiger partial charge is 0.223 e. The predicted molar refractivity (Wildman–Crippen MR) is 69.6 cm³/mol. The number of fused-ring (bicyclic) bond motifs is 1. The molecule has 0 saturated carbocycles. The van der Waals surface area contributed by atoms with Crippen molar-refractivity contribution < 1.29 is 9.84 Å². The van der Waals surface area contributed by atoms with E-state index in [0.717, 1.165) is 6.42 Å². The van der Waals surface area contributed by atoms with Gasteiger partial charge in [-0.25, -0.2) is 4.98 Å². The molecule has 102 valence electrons. The third kappa shape index (κ3) is 2.03. The number of aliphatic hydroxyl groups excluding tert-OH is 1. The quantitative estimate of drug-likeness (QED) is 0.801. The second-order valence-corrected chi connectivity index (χ2v) is 4.91. The van der Waals surface area contributed by atoms with Crippen molar-refractivity contribution in [3.8, 4) is 0 Å². The van der Waals surface area contributed by atoms with Crippen molar-refractivity contribution in [3.05, 3.63) is 11.5 Å². The van der Waals surface area contributed by atoms with Gasteiger partial charge in [-0.05, 0) is 6.42 Å². The summed E-state index contributed by atoms with van der Waals surface area (Å²) < 4.78 is 7.44. The van der Waals surface area contributed by atoms with E-state index in [1.54, 1.807) is 4.57 Å². The van der Waals surface area contributed by atoms with Gasteiger partial charge in [0.2, 0.25) is 5.95 Å². The SMILES string of the molecule is CC[C@@H]1C[C@@H](O)[C@H](n2cnc3c(Cl)nc(N)nc32)O1. The molecule has 0 bridgehead atoms. The number of ether oxygens (including phenoxy) is 1. The van der Waals surface area contributed by atoms with Gasteiger partial charge < -0.3 is 15.6 Å². The van der Waals surface area contributed by atoms with Crippen LogP contribution in [0.1, 0.15) is 26.0 Å². The Bertz CT molecular complexity index is 616. The van der Waals surface area contributed by atoms with Crippen LogP contribution in [0.25, 0.3) is 11.2 Å². The van der Waals surface area contributed by atoms with E-state index >= 15 is 0 Å². The van der Waals surface area contributed by atoms with Crippen LogP contribution in [0.3, 0.4) is 0 Å². The number of imidazole rings is 1. The Morgan fingerprint density at radius 2 is 2.37 bits per heavy atom. The first kappa shape index (κ1) is 12.6. The first-order valence-corrected chi connectivity index (χ1v) is 6.47. The molecule has 2 aromatic rings. The van der Waals surface area contributed by atoms with Crippen LogP contribution in [0.4, 0.5) is 5.95 Å². The van der Waals surface area contributed by atoms with Crippen molar-refractivity contribution in [2.45, 2.75) is 38.2 Å². The summed E-state index contributed by atoms with van der Waals surface area (Å²) in [4.78, 5) is 12.1. The Hall–Kier alpha value is -1.44. The highest BCUT2D eigenvalue weighted by atomic mass is 35.5. The average molecular weight is 284 g/mol. The molecule has 1 fully saturated rings. The molecule has 0 radical (unpaired) electrons. The lowest BCUT2D eigenvalue weighted by atomic mass is 10.1. The molecule has 1 saturated heterocycles. The molecule has 3 N–H and O–H groups in total. The summed E-state index contributed by atoms with van der Waals surface area (Å²) in [7, 11) is 0. The van der Waals surface area contributed by atoms with Crippen molar-refractivity contribution in [2.24, 2.45) is 0 Å². The van der Waals surface area contributed by atoms with Crippen molar-refractivity contribution in [2.75, 3.05) is 5.73 Å². The van der Waals surface area contributed by atoms with Gasteiger partial charge >= 0.3 is 0 Å². The summed E-state index contributed by atoms with van der Waals surface area (Å²) in [5.41, 5.74) is 6.51. The second kappa shape index (κ2) is 4.59. The van der Waals surface area contributed by atoms with E-state index in [1.807, 2.05) is 6.92 Å². The van der Waals surface area contributed by atoms with Crippen molar-refractivity contribution >= 4 is 28.7 Å². The van der Waals surface area contributed by atoms with Crippen molar-refractivity contribution in [3.63, 3.8) is 0 Å². The number of nitrogens with zero attached hydrogens (tertiary/aromatic N) is 4. The highest BCUT2D eigenvalue weighted by Gasteiger charge is 2.35. The van der Waals surface area contributed by atoms with E-state index in [-0.39, 0.29) is 17.2 Å². The summed E-state index contributed by atoms with van der Waals surface area (Å²) in [5, 5.41) is 10.3. The Morgan fingerprint density at radius 1 is 1.58 bits per heavy atom. The maximum atomic E-state index is 10.1. The fraction of sp³-hybridized carbons (Fsp3) is 0.545. The van der Waals surface area contributed by atoms with E-state index in [4.69, 9.17) is 22.1 Å². The largest absolute Gasteiger partial charge is 0.388 e. The third-order valence-corrected chi connectivity index (χ3v) is 3.55. The van der Waals surface area contributed by atoms with Gasteiger partial charge in [-0.15, -0.1) is 0 Å². The van der Waals surface area contributed by atoms with Gasteiger partial charge in [0, 0.05) is 6.42 Å². The molecule has 0 spiro atoms. The van der Waals surface area contributed by atoms with Gasteiger partial charge in [-0.1, -0.05) is 18.5 Å². The Balaban J connectivity index is 2.06. The second-order valence-electron chi connectivity index (χ2n) is 4.56. The molecule has 1 aliphatic rings. The number of rotatable bonds is 2. The average Bonchev–Trinajstić information content (AvgIpc) is 2.92. The summed E-state index contributed by atoms with van der Waals surface area (Å²) in [6.07, 6.45) is 1.90. The molecule has 0 aromatic carbocycles. The number of anilines is 1. The van der Waals surface area contributed by atoms with Crippen LogP contribution < -0.4 is 5.73 Å². The molecule has 0 unspecified atom stereocenters. The number of aromatic nitrogens is 4. The number of halogens is 1. The maximum absolute atomic E-state index is 10.1. The normalized spacial score (nSPS) is 27.2. The number of nitrogens with two attached hydrogens (primary N) is 1. The maximum Gasteiger partial charge on any atom is 0.223 e. The Labute approximate surface area is 114 Å². The van der Waals surface area contributed by atoms with Crippen LogP contribution in [0.5, 0.6) is 0 Å². The minimum atomic E-state index is -0.600. The fourth-order valence-electron chi connectivity index (χ4n) is 2.33. The van der Waals surface area contributed by atoms with Gasteiger partial charge in [-0.3, -0.25) is 4.57 Å². The predicted octanol–water partition coefficient (Wildman–Crippen LogP) is 1.12. The highest BCUT2D eigenvalue weighted by molar-refractivity contribution is 6.33. The molecule has 0 amide bonds. The minimum absolute atomic E-state index is 0.0344. The van der Waals surface area contributed by atoms with Crippen molar-refractivity contribution in [1.29, 1.82) is 0 Å². The summed E-state index contributed by atoms with van der Waals surface area (Å²) >= 11 is 5.96. The van der Waals surface area contributed by atoms with E-state index < -0.39 is 12.3 Å². The minimum Gasteiger partial charge on any atom is -0.388 e. The molecule has 19 heavy (non-hydrogen) atoms. The van der Waals surface area contributed by atoms with E-state index in [9.17, 15) is 5.11 Å². The number of hydrogen-bond donors (Lipinski definition) is 2. The molecule has 0 aliphatic carbocycles. The number of aliphatic hydroxyl groups is 1. The summed E-state index contributed by atoms with van der Waals surface area (Å²) in [6.45, 7) is 2.02. The summed E-state index contributed by atoms with van der Waals surface area (Å²) in [6, 6.07) is 0. The van der Waals surface area contributed by atoms with Crippen LogP contribution >= 0.6 is 11.6 Å². The first-order valence-electron chi connectivity index (χ1n) is 6.09. The van der Waals surface area contributed by atoms with Gasteiger partial charge in [0.1, 0.15) is 11.6 Å². The molecule has 8 heteroatoms. The van der Waals surface area contributed by atoms with Gasteiger partial charge in [0.25, 0.3) is 0 Å². The molecule has 2 aromatic heterocycles. The zero-order valence-electron chi connectivity index (χ0n) is 10.3. The van der Waals surface area contributed by atoms with E-state index in [1.165, 1.54) is 6.33 Å². The van der Waals surface area contributed by atoms with Gasteiger partial charge in [0.15, 0.2) is 17.0 Å². The van der Waals surface area contributed by atoms with E-state index in [2.05, 4.69) is 15.0 Å². The number of nitrogen functional groups attached to an aromatic ring is 1. The van der Waals surface area contributed by atoms with Gasteiger partial charge in [-0.2, -0.15) is 9.97 Å². The van der Waals surface area contributed by atoms with Gasteiger partial charge in [0.05, 0.1) is 12.4 Å². The highest BCUT2D eigenvalue weighted by Crippen LogP contribution is 2.33. The topological polar surface area (TPSA) is 99.1 Å². The molecule has 7 nitrogen and oxygen atoms in total. The molecule has 1 aliphatic heterocycles. The fourth-order valence-corrected chi connectivity index (χ4v) is 2.55. The van der Waals surface area contributed by atoms with Crippen LogP contribution in [0.15, 0.2) is 6.33 Å². The molecule has 3 rings (SSSR count). The van der Waals surface area contributed by atoms with Crippen LogP contribution in [-0.4, -0.2) is 36.8 Å². The summed E-state index contributed by atoms with van der Waals surface area (Å²) in [5.74, 6) is 0.0683. The molecule has 3 heterocycles. The zero-order chi connectivity index (χ0) is 13.6. The van der Waals surface area contributed by atoms with Crippen LogP contribution in [-0.2, 0) is 4.74 Å². The van der Waals surface area contributed by atoms with Crippen LogP contribution in [0, 0.1) is 0 Å². The molecule has 3 atom stereocenters. The molecular formula is C11H14ClN5O2. The zero-order valence-corrected chi connectivity index (χ0v) is 11.1. The van der Waals surface area contributed by atoms with Crippen molar-refractivity contribution in [1.82, 2.24) is 19.5 Å². The van der Waals surface area contributed by atoms with Crippen LogP contribution in [0.2, 0.25) is 5.15 Å². The number of hydrogen-bond acceptors (Lipinski definition) is 6. The monoisotopic (exact) mass is 283 g/mol. The van der Waals surface area contributed by atoms with E-state index in [0.29, 0.717) is 17.6 Å².